The molecule has 0 rings (SSSR count). The average molecular weight is 1200 g/mol. The number of phosphoric ester groups is 2. The van der Waals surface area contributed by atoms with E-state index in [9.17, 15) is 43.2 Å². The monoisotopic (exact) mass is 1200 g/mol. The van der Waals surface area contributed by atoms with Gasteiger partial charge in [0.1, 0.15) is 19.3 Å². The van der Waals surface area contributed by atoms with Gasteiger partial charge in [0.15, 0.2) is 12.2 Å². The van der Waals surface area contributed by atoms with Crippen LogP contribution < -0.4 is 0 Å². The molecule has 3 N–H and O–H groups in total. The van der Waals surface area contributed by atoms with E-state index in [1.54, 1.807) is 0 Å². The van der Waals surface area contributed by atoms with E-state index in [2.05, 4.69) is 55.4 Å². The maximum Gasteiger partial charge on any atom is 0.472 e. The molecule has 81 heavy (non-hydrogen) atoms. The minimum Gasteiger partial charge on any atom is -0.462 e. The molecular formula is C62H120O17P2. The van der Waals surface area contributed by atoms with E-state index >= 15 is 0 Å². The van der Waals surface area contributed by atoms with Crippen LogP contribution in [-0.2, 0) is 65.4 Å². The summed E-state index contributed by atoms with van der Waals surface area (Å²) in [5.74, 6) is 0.729. The van der Waals surface area contributed by atoms with Gasteiger partial charge in [-0.2, -0.15) is 0 Å². The number of unbranched alkanes of at least 4 members (excludes halogenated alkanes) is 23. The molecular weight excluding hydrogens is 1080 g/mol. The highest BCUT2D eigenvalue weighted by molar-refractivity contribution is 7.47. The number of phosphoric acid groups is 2. The molecule has 0 amide bonds. The first-order valence-electron chi connectivity index (χ1n) is 32.3. The van der Waals surface area contributed by atoms with Crippen LogP contribution in [0.4, 0.5) is 0 Å². The molecule has 4 unspecified atom stereocenters. The van der Waals surface area contributed by atoms with Gasteiger partial charge in [0, 0.05) is 25.7 Å². The first-order chi connectivity index (χ1) is 38.7. The van der Waals surface area contributed by atoms with Crippen molar-refractivity contribution >= 4 is 39.5 Å². The Morgan fingerprint density at radius 1 is 0.346 bits per heavy atom. The van der Waals surface area contributed by atoms with Crippen LogP contribution in [0.2, 0.25) is 0 Å². The first-order valence-corrected chi connectivity index (χ1v) is 35.3. The average Bonchev–Trinajstić information content (AvgIpc) is 3.42. The standard InChI is InChI=1S/C62H120O17P2/c1-9-54(7)40-32-24-15-11-12-16-28-36-44-61(66)78-57(49-73-60(65)43-35-27-21-19-25-33-41-55(8)10-2)50-76-80(68,69)74-46-56(63)47-75-81(70,71)77-51-58(48-72-59(64)42-34-26-20-18-23-31-39-53(5)6)79-62(67)45-37-29-17-13-14-22-30-38-52(3)4/h52-58,63H,9-51H2,1-8H3,(H,68,69)(H,70,71)/t54?,55?,56-,57-,58-/m1/s1. The van der Waals surface area contributed by atoms with Gasteiger partial charge in [-0.05, 0) is 49.4 Å². The molecule has 480 valence electrons. The molecule has 0 aliphatic rings. The molecule has 7 atom stereocenters. The number of aliphatic hydroxyl groups excluding tert-OH is 1. The zero-order chi connectivity index (χ0) is 60.4. The van der Waals surface area contributed by atoms with Crippen molar-refractivity contribution in [2.24, 2.45) is 23.7 Å². The van der Waals surface area contributed by atoms with Crippen LogP contribution in [0.5, 0.6) is 0 Å². The van der Waals surface area contributed by atoms with Crippen molar-refractivity contribution < 1.29 is 80.2 Å². The fourth-order valence-corrected chi connectivity index (χ4v) is 10.6. The molecule has 0 aliphatic heterocycles. The molecule has 17 nitrogen and oxygen atoms in total. The second kappa shape index (κ2) is 52.4. The second-order valence-corrected chi connectivity index (χ2v) is 26.8. The van der Waals surface area contributed by atoms with Crippen molar-refractivity contribution in [2.45, 2.75) is 311 Å². The summed E-state index contributed by atoms with van der Waals surface area (Å²) >= 11 is 0. The Balaban J connectivity index is 5.26. The van der Waals surface area contributed by atoms with Gasteiger partial charge in [0.2, 0.25) is 0 Å². The number of carbonyl (C=O) groups is 4. The maximum atomic E-state index is 12.9. The van der Waals surface area contributed by atoms with Crippen molar-refractivity contribution in [2.75, 3.05) is 39.6 Å². The summed E-state index contributed by atoms with van der Waals surface area (Å²) in [6.45, 7) is 13.9. The highest BCUT2D eigenvalue weighted by Crippen LogP contribution is 2.45. The summed E-state index contributed by atoms with van der Waals surface area (Å²) in [4.78, 5) is 72.1. The van der Waals surface area contributed by atoms with E-state index in [1.807, 2.05) is 0 Å². The molecule has 0 aliphatic carbocycles. The summed E-state index contributed by atoms with van der Waals surface area (Å²) in [6.07, 6.45) is 30.9. The number of aliphatic hydroxyl groups is 1. The SMILES string of the molecule is CCC(C)CCCCCCCCCCC(=O)O[C@H](COC(=O)CCCCCCCCC(C)CC)COP(=O)(O)OC[C@@H](O)COP(=O)(O)OC[C@@H](COC(=O)CCCCCCCCC(C)C)OC(=O)CCCCCCCCCC(C)C. The third kappa shape index (κ3) is 54.5. The van der Waals surface area contributed by atoms with Gasteiger partial charge in [0.05, 0.1) is 26.4 Å². The smallest absolute Gasteiger partial charge is 0.462 e. The largest absolute Gasteiger partial charge is 0.472 e. The lowest BCUT2D eigenvalue weighted by molar-refractivity contribution is -0.161. The number of rotatable bonds is 59. The summed E-state index contributed by atoms with van der Waals surface area (Å²) in [6, 6.07) is 0. The van der Waals surface area contributed by atoms with E-state index in [0.717, 1.165) is 115 Å². The summed E-state index contributed by atoms with van der Waals surface area (Å²) in [7, 11) is -9.89. The Morgan fingerprint density at radius 2 is 0.593 bits per heavy atom. The molecule has 0 radical (unpaired) electrons. The molecule has 19 heteroatoms. The van der Waals surface area contributed by atoms with E-state index in [-0.39, 0.29) is 25.7 Å². The zero-order valence-corrected chi connectivity index (χ0v) is 54.2. The lowest BCUT2D eigenvalue weighted by Crippen LogP contribution is -2.30. The van der Waals surface area contributed by atoms with Crippen LogP contribution in [-0.4, -0.2) is 96.7 Å². The van der Waals surface area contributed by atoms with Gasteiger partial charge in [-0.1, -0.05) is 242 Å². The van der Waals surface area contributed by atoms with Crippen molar-refractivity contribution in [1.82, 2.24) is 0 Å². The predicted octanol–water partition coefficient (Wildman–Crippen LogP) is 16.6. The van der Waals surface area contributed by atoms with Crippen molar-refractivity contribution in [3.63, 3.8) is 0 Å². The molecule has 0 saturated carbocycles. The number of hydrogen-bond donors (Lipinski definition) is 3. The summed E-state index contributed by atoms with van der Waals surface area (Å²) in [5, 5.41) is 10.5. The Bertz CT molecular complexity index is 1630. The Kier molecular flexibility index (Phi) is 51.1. The molecule has 0 heterocycles. The maximum absolute atomic E-state index is 12.9. The highest BCUT2D eigenvalue weighted by atomic mass is 31.2. The first kappa shape index (κ1) is 79.1. The Labute approximate surface area is 492 Å². The minimum absolute atomic E-state index is 0.101. The molecule has 0 spiro atoms. The fraction of sp³-hybridized carbons (Fsp3) is 0.935. The summed E-state index contributed by atoms with van der Waals surface area (Å²) in [5.41, 5.74) is 0. The molecule has 0 bridgehead atoms. The third-order valence-corrected chi connectivity index (χ3v) is 16.7. The van der Waals surface area contributed by atoms with Crippen LogP contribution in [0.15, 0.2) is 0 Å². The molecule has 0 aromatic heterocycles. The molecule has 0 aromatic carbocycles. The number of carbonyl (C=O) groups excluding carboxylic acids is 4. The zero-order valence-electron chi connectivity index (χ0n) is 52.4. The van der Waals surface area contributed by atoms with Crippen LogP contribution in [0.25, 0.3) is 0 Å². The van der Waals surface area contributed by atoms with Crippen LogP contribution in [0.3, 0.4) is 0 Å². The molecule has 0 aromatic rings. The lowest BCUT2D eigenvalue weighted by Gasteiger charge is -2.21. The molecule has 0 fully saturated rings. The normalized spacial score (nSPS) is 15.2. The van der Waals surface area contributed by atoms with E-state index < -0.39 is 97.5 Å². The number of hydrogen-bond acceptors (Lipinski definition) is 15. The topological polar surface area (TPSA) is 237 Å². The van der Waals surface area contributed by atoms with Crippen molar-refractivity contribution in [3.05, 3.63) is 0 Å². The predicted molar refractivity (Wildman–Crippen MR) is 321 cm³/mol. The van der Waals surface area contributed by atoms with Crippen molar-refractivity contribution in [3.8, 4) is 0 Å². The minimum atomic E-state index is -4.94. The van der Waals surface area contributed by atoms with Gasteiger partial charge >= 0.3 is 39.5 Å². The highest BCUT2D eigenvalue weighted by Gasteiger charge is 2.30. The molecule has 0 saturated heterocycles. The second-order valence-electron chi connectivity index (χ2n) is 23.9. The van der Waals surface area contributed by atoms with Gasteiger partial charge in [-0.3, -0.25) is 37.3 Å². The van der Waals surface area contributed by atoms with Gasteiger partial charge in [-0.15, -0.1) is 0 Å². The number of ether oxygens (including phenoxy) is 4. The van der Waals surface area contributed by atoms with Crippen LogP contribution in [0.1, 0.15) is 293 Å². The van der Waals surface area contributed by atoms with Crippen LogP contribution >= 0.6 is 15.6 Å². The summed E-state index contributed by atoms with van der Waals surface area (Å²) < 4.78 is 67.9. The van der Waals surface area contributed by atoms with E-state index in [4.69, 9.17) is 37.0 Å². The quantitative estimate of drug-likeness (QED) is 0.0222. The third-order valence-electron chi connectivity index (χ3n) is 14.8. The van der Waals surface area contributed by atoms with Gasteiger partial charge in [0.25, 0.3) is 0 Å². The van der Waals surface area contributed by atoms with E-state index in [1.165, 1.54) is 83.5 Å². The van der Waals surface area contributed by atoms with Crippen molar-refractivity contribution in [1.29, 1.82) is 0 Å². The van der Waals surface area contributed by atoms with E-state index in [0.29, 0.717) is 37.5 Å². The number of esters is 4. The fourth-order valence-electron chi connectivity index (χ4n) is 9.01. The van der Waals surface area contributed by atoms with Gasteiger partial charge in [-0.25, -0.2) is 9.13 Å². The Hall–Kier alpha value is -1.94. The van der Waals surface area contributed by atoms with Crippen LogP contribution in [0, 0.1) is 23.7 Å². The Morgan fingerprint density at radius 3 is 0.877 bits per heavy atom. The lowest BCUT2D eigenvalue weighted by atomic mass is 9.99. The van der Waals surface area contributed by atoms with Gasteiger partial charge < -0.3 is 33.8 Å².